The Kier molecular flexibility index (Phi) is 5.41. The minimum atomic E-state index is -0.0928. The zero-order valence-corrected chi connectivity index (χ0v) is 17.4. The Bertz CT molecular complexity index is 826. The number of carbonyl (C=O) groups excluding carboxylic acids is 1. The summed E-state index contributed by atoms with van der Waals surface area (Å²) in [5, 5.41) is 3.53. The molecule has 0 aromatic carbocycles. The number of amides is 1. The third-order valence-electron chi connectivity index (χ3n) is 5.70. The first-order valence-electron chi connectivity index (χ1n) is 10.9. The van der Waals surface area contributed by atoms with Gasteiger partial charge in [-0.3, -0.25) is 10.1 Å². The van der Waals surface area contributed by atoms with Crippen molar-refractivity contribution in [1.29, 1.82) is 0 Å². The Morgan fingerprint density at radius 2 is 1.96 bits per heavy atom. The number of rotatable bonds is 5. The van der Waals surface area contributed by atoms with Crippen LogP contribution in [0.2, 0.25) is 0 Å². The Balaban J connectivity index is 0.000000442. The van der Waals surface area contributed by atoms with Crippen molar-refractivity contribution in [3.8, 4) is 0 Å². The van der Waals surface area contributed by atoms with E-state index in [1.807, 2.05) is 17.3 Å². The van der Waals surface area contributed by atoms with Crippen molar-refractivity contribution in [3.05, 3.63) is 23.7 Å². The second-order valence-electron chi connectivity index (χ2n) is 9.22. The molecule has 0 radical (unpaired) electrons. The predicted molar refractivity (Wildman–Crippen MR) is 111 cm³/mol. The van der Waals surface area contributed by atoms with Crippen LogP contribution in [0.5, 0.6) is 0 Å². The first kappa shape index (κ1) is 19.4. The maximum Gasteiger partial charge on any atom is 0.236 e. The maximum absolute atomic E-state index is 12.3. The minimum Gasteiger partial charge on any atom is -0.344 e. The summed E-state index contributed by atoms with van der Waals surface area (Å²) in [5.74, 6) is 1.66. The van der Waals surface area contributed by atoms with E-state index in [-0.39, 0.29) is 11.4 Å². The largest absolute Gasteiger partial charge is 0.344 e. The molecule has 28 heavy (non-hydrogen) atoms. The van der Waals surface area contributed by atoms with Crippen molar-refractivity contribution in [2.75, 3.05) is 19.6 Å². The molecule has 3 heterocycles. The third kappa shape index (κ3) is 4.22. The van der Waals surface area contributed by atoms with Gasteiger partial charge in [0.15, 0.2) is 5.65 Å². The van der Waals surface area contributed by atoms with Gasteiger partial charge in [-0.15, -0.1) is 0 Å². The monoisotopic (exact) mass is 383 g/mol. The average molecular weight is 384 g/mol. The average Bonchev–Trinajstić information content (AvgIpc) is 3.56. The van der Waals surface area contributed by atoms with E-state index in [0.29, 0.717) is 12.5 Å². The topological polar surface area (TPSA) is 73.9 Å². The molecular weight excluding hydrogens is 350 g/mol. The summed E-state index contributed by atoms with van der Waals surface area (Å²) in [6, 6.07) is 0. The lowest BCUT2D eigenvalue weighted by atomic mass is 10.1. The van der Waals surface area contributed by atoms with Crippen LogP contribution in [0.15, 0.2) is 12.4 Å². The van der Waals surface area contributed by atoms with Crippen LogP contribution < -0.4 is 5.32 Å². The highest BCUT2D eigenvalue weighted by molar-refractivity contribution is 5.80. The standard InChI is InChI=1S/C18H23N5O.C4H10/c24-15(23-7-1-2-8-23)11-21-18(5-6-18)13-9-19-17-16(13)22-14(10-20-17)12-3-4-12;1-4(2)3/h9-10,12,21H,1-8,11H2,(H,19,20);4H,1-3H3. The molecule has 1 amide bonds. The Hall–Kier alpha value is -1.95. The number of nitrogens with one attached hydrogen (secondary N) is 2. The number of carbonyl (C=O) groups is 1. The van der Waals surface area contributed by atoms with Crippen LogP contribution >= 0.6 is 0 Å². The van der Waals surface area contributed by atoms with Crippen molar-refractivity contribution in [2.45, 2.75) is 70.8 Å². The smallest absolute Gasteiger partial charge is 0.236 e. The van der Waals surface area contributed by atoms with Crippen molar-refractivity contribution < 1.29 is 4.79 Å². The predicted octanol–water partition coefficient (Wildman–Crippen LogP) is 3.70. The molecule has 0 spiro atoms. The molecule has 5 rings (SSSR count). The lowest BCUT2D eigenvalue weighted by molar-refractivity contribution is -0.129. The van der Waals surface area contributed by atoms with Gasteiger partial charge in [0.25, 0.3) is 0 Å². The molecule has 0 atom stereocenters. The van der Waals surface area contributed by atoms with E-state index in [1.54, 1.807) is 0 Å². The molecule has 2 saturated carbocycles. The normalized spacial score (nSPS) is 20.4. The van der Waals surface area contributed by atoms with Crippen LogP contribution in [-0.2, 0) is 10.3 Å². The summed E-state index contributed by atoms with van der Waals surface area (Å²) >= 11 is 0. The van der Waals surface area contributed by atoms with E-state index >= 15 is 0 Å². The van der Waals surface area contributed by atoms with Crippen LogP contribution in [0, 0.1) is 5.92 Å². The highest BCUT2D eigenvalue weighted by Gasteiger charge is 2.46. The fourth-order valence-electron chi connectivity index (χ4n) is 3.84. The summed E-state index contributed by atoms with van der Waals surface area (Å²) < 4.78 is 0. The lowest BCUT2D eigenvalue weighted by Gasteiger charge is -2.20. The van der Waals surface area contributed by atoms with Gasteiger partial charge >= 0.3 is 0 Å². The molecule has 6 heteroatoms. The Morgan fingerprint density at radius 3 is 2.57 bits per heavy atom. The van der Waals surface area contributed by atoms with E-state index in [4.69, 9.17) is 4.98 Å². The maximum atomic E-state index is 12.3. The number of hydrogen-bond acceptors (Lipinski definition) is 4. The second-order valence-corrected chi connectivity index (χ2v) is 9.22. The van der Waals surface area contributed by atoms with Crippen LogP contribution in [0.4, 0.5) is 0 Å². The van der Waals surface area contributed by atoms with Crippen molar-refractivity contribution >= 4 is 17.1 Å². The lowest BCUT2D eigenvalue weighted by Crippen LogP contribution is -2.40. The molecule has 3 fully saturated rings. The first-order valence-corrected chi connectivity index (χ1v) is 10.9. The molecule has 152 valence electrons. The fourth-order valence-corrected chi connectivity index (χ4v) is 3.84. The van der Waals surface area contributed by atoms with Gasteiger partial charge in [0.05, 0.1) is 18.4 Å². The summed E-state index contributed by atoms with van der Waals surface area (Å²) in [4.78, 5) is 27.0. The van der Waals surface area contributed by atoms with E-state index in [0.717, 1.165) is 61.5 Å². The van der Waals surface area contributed by atoms with E-state index in [1.165, 1.54) is 18.4 Å². The van der Waals surface area contributed by atoms with Gasteiger partial charge < -0.3 is 9.88 Å². The Labute approximate surface area is 167 Å². The number of likely N-dealkylation sites (tertiary alicyclic amines) is 1. The quantitative estimate of drug-likeness (QED) is 0.826. The molecule has 0 bridgehead atoms. The highest BCUT2D eigenvalue weighted by Crippen LogP contribution is 2.48. The molecule has 1 aliphatic heterocycles. The fraction of sp³-hybridized carbons (Fsp3) is 0.682. The molecule has 2 N–H and O–H groups in total. The van der Waals surface area contributed by atoms with Crippen molar-refractivity contribution in [2.24, 2.45) is 5.92 Å². The Morgan fingerprint density at radius 1 is 1.29 bits per heavy atom. The molecule has 6 nitrogen and oxygen atoms in total. The van der Waals surface area contributed by atoms with Crippen molar-refractivity contribution in [1.82, 2.24) is 25.2 Å². The van der Waals surface area contributed by atoms with Crippen LogP contribution in [0.25, 0.3) is 11.2 Å². The van der Waals surface area contributed by atoms with Crippen LogP contribution in [0.3, 0.4) is 0 Å². The third-order valence-corrected chi connectivity index (χ3v) is 5.70. The van der Waals surface area contributed by atoms with E-state index in [9.17, 15) is 4.79 Å². The van der Waals surface area contributed by atoms with Gasteiger partial charge in [-0.25, -0.2) is 9.97 Å². The summed E-state index contributed by atoms with van der Waals surface area (Å²) in [6.07, 6.45) is 10.8. The van der Waals surface area contributed by atoms with E-state index < -0.39 is 0 Å². The number of aromatic amines is 1. The van der Waals surface area contributed by atoms with Gasteiger partial charge in [-0.1, -0.05) is 20.8 Å². The van der Waals surface area contributed by atoms with E-state index in [2.05, 4.69) is 36.1 Å². The minimum absolute atomic E-state index is 0.0928. The number of H-pyrrole nitrogens is 1. The van der Waals surface area contributed by atoms with Crippen LogP contribution in [-0.4, -0.2) is 45.4 Å². The van der Waals surface area contributed by atoms with Gasteiger partial charge in [0, 0.05) is 36.3 Å². The number of nitrogens with zero attached hydrogens (tertiary/aromatic N) is 3. The molecule has 2 aromatic heterocycles. The molecule has 2 aromatic rings. The molecular formula is C22H33N5O. The summed E-state index contributed by atoms with van der Waals surface area (Å²) in [5.41, 5.74) is 4.05. The first-order chi connectivity index (χ1) is 13.5. The highest BCUT2D eigenvalue weighted by atomic mass is 16.2. The number of fused-ring (bicyclic) bond motifs is 1. The van der Waals surface area contributed by atoms with Crippen LogP contribution in [0.1, 0.15) is 76.5 Å². The summed E-state index contributed by atoms with van der Waals surface area (Å²) in [6.45, 7) is 8.75. The molecule has 2 aliphatic carbocycles. The number of hydrogen-bond donors (Lipinski definition) is 2. The zero-order valence-electron chi connectivity index (χ0n) is 17.4. The number of aromatic nitrogens is 3. The molecule has 1 saturated heterocycles. The molecule has 0 unspecified atom stereocenters. The van der Waals surface area contributed by atoms with Gasteiger partial charge in [0.2, 0.25) is 5.91 Å². The van der Waals surface area contributed by atoms with Gasteiger partial charge in [-0.2, -0.15) is 0 Å². The molecule has 3 aliphatic rings. The SMILES string of the molecule is CC(C)C.O=C(CNC1(c2c[nH]c3ncc(C4CC4)nc23)CC1)N1CCCC1. The summed E-state index contributed by atoms with van der Waals surface area (Å²) in [7, 11) is 0. The zero-order chi connectivity index (χ0) is 19.7. The van der Waals surface area contributed by atoms with Gasteiger partial charge in [0.1, 0.15) is 5.52 Å². The van der Waals surface area contributed by atoms with Gasteiger partial charge in [-0.05, 0) is 44.4 Å². The second kappa shape index (κ2) is 7.82. The van der Waals surface area contributed by atoms with Crippen molar-refractivity contribution in [3.63, 3.8) is 0 Å².